The molecule has 14 rings (SSSR count). The molecule has 0 amide bonds. The fourth-order valence-corrected chi connectivity index (χ4v) is 15.6. The summed E-state index contributed by atoms with van der Waals surface area (Å²) >= 11 is 3.87. The summed E-state index contributed by atoms with van der Waals surface area (Å²) in [6.07, 6.45) is 1.82. The van der Waals surface area contributed by atoms with E-state index in [1.807, 2.05) is 34.8 Å². The van der Waals surface area contributed by atoms with Crippen LogP contribution in [0.3, 0.4) is 0 Å². The van der Waals surface area contributed by atoms with Gasteiger partial charge in [-0.2, -0.15) is 0 Å². The predicted molar refractivity (Wildman–Crippen MR) is 535 cm³/mol. The third-order valence-corrected chi connectivity index (χ3v) is 25.5. The molecule has 0 spiro atoms. The van der Waals surface area contributed by atoms with Crippen molar-refractivity contribution < 1.29 is 23.4 Å². The van der Waals surface area contributed by atoms with Crippen molar-refractivity contribution in [3.8, 4) is 23.0 Å². The van der Waals surface area contributed by atoms with E-state index in [0.29, 0.717) is 6.61 Å². The van der Waals surface area contributed by atoms with Crippen LogP contribution in [0.4, 0.5) is 0 Å². The van der Waals surface area contributed by atoms with Crippen molar-refractivity contribution in [3.05, 3.63) is 242 Å². The summed E-state index contributed by atoms with van der Waals surface area (Å²) in [6.45, 7) is 94.0. The summed E-state index contributed by atoms with van der Waals surface area (Å²) in [4.78, 5) is 11.3. The fourth-order valence-electron chi connectivity index (χ4n) is 13.3. The zero-order chi connectivity index (χ0) is 92.0. The Balaban J connectivity index is 0.000000177. The van der Waals surface area contributed by atoms with Gasteiger partial charge in [0.05, 0.1) is 5.52 Å². The highest BCUT2D eigenvalue weighted by Gasteiger charge is 2.34. The summed E-state index contributed by atoms with van der Waals surface area (Å²) in [5, 5.41) is 6.49. The first-order valence-electron chi connectivity index (χ1n) is 44.6. The van der Waals surface area contributed by atoms with Crippen molar-refractivity contribution in [2.75, 3.05) is 6.61 Å². The summed E-state index contributed by atoms with van der Waals surface area (Å²) < 4.78 is 32.3. The number of benzene rings is 7. The first-order valence-corrected chi connectivity index (χ1v) is 46.2. The van der Waals surface area contributed by atoms with Gasteiger partial charge in [-0.05, 0) is 189 Å². The second-order valence-corrected chi connectivity index (χ2v) is 50.9. The van der Waals surface area contributed by atoms with Gasteiger partial charge in [0, 0.05) is 73.9 Å². The summed E-state index contributed by atoms with van der Waals surface area (Å²) in [7, 11) is 0. The van der Waals surface area contributed by atoms with Crippen molar-refractivity contribution in [3.63, 3.8) is 0 Å². The number of nitrogens with zero attached hydrogens (tertiary/aromatic N) is 1. The number of furan rings is 1. The quantitative estimate of drug-likeness (QED) is 0.163. The van der Waals surface area contributed by atoms with Gasteiger partial charge in [0.2, 0.25) is 0 Å². The highest BCUT2D eigenvalue weighted by molar-refractivity contribution is 7.19. The molecule has 0 bridgehead atoms. The fraction of sp³-hybridized carbons (Fsp3) is 0.513. The van der Waals surface area contributed by atoms with E-state index in [4.69, 9.17) is 28.3 Å². The van der Waals surface area contributed by atoms with Crippen LogP contribution in [0.5, 0.6) is 23.0 Å². The van der Waals surface area contributed by atoms with Gasteiger partial charge in [-0.25, -0.2) is 0 Å². The van der Waals surface area contributed by atoms with Crippen LogP contribution in [0.2, 0.25) is 0 Å². The van der Waals surface area contributed by atoms with Crippen molar-refractivity contribution in [2.24, 2.45) is 10.8 Å². The molecule has 0 radical (unpaired) electrons. The van der Waals surface area contributed by atoms with Crippen molar-refractivity contribution in [1.82, 2.24) is 9.97 Å². The number of aromatic amines is 1. The van der Waals surface area contributed by atoms with Gasteiger partial charge in [0.15, 0.2) is 23.0 Å². The average molecular weight is 1690 g/mol. The second kappa shape index (κ2) is 36.1. The molecule has 7 aromatic carbocycles. The lowest BCUT2D eigenvalue weighted by molar-refractivity contribution is 0.0162. The lowest BCUT2D eigenvalue weighted by Crippen LogP contribution is -2.40. The second-order valence-electron chi connectivity index (χ2n) is 48.7. The van der Waals surface area contributed by atoms with E-state index < -0.39 is 0 Å². The van der Waals surface area contributed by atoms with E-state index in [9.17, 15) is 0 Å². The van der Waals surface area contributed by atoms with Crippen molar-refractivity contribution in [1.29, 1.82) is 0 Å². The van der Waals surface area contributed by atoms with Crippen LogP contribution >= 0.6 is 22.7 Å². The van der Waals surface area contributed by atoms with Crippen LogP contribution in [-0.2, 0) is 65.0 Å². The Morgan fingerprint density at radius 3 is 1.13 bits per heavy atom. The van der Waals surface area contributed by atoms with Crippen LogP contribution in [0, 0.1) is 10.8 Å². The Morgan fingerprint density at radius 1 is 0.311 bits per heavy atom. The van der Waals surface area contributed by atoms with Crippen LogP contribution in [0.15, 0.2) is 180 Å². The minimum atomic E-state index is -0.0462. The standard InChI is InChI=1S/C17H23N.C16H23N.C16H24O2.C16H22O2.C16H22O.2C16H22S/c1-16(2,3)13-9-7-12-8-10-15(17(4,5)6)18-14(12)11-13;1-15(2,3)12-8-7-11-9-14(16(4,5)6)17-13(11)10-12;2*1-15(2,3)11-7-8-12-13(9-11)18-14(10-17-12)16(4,5)6;3*1-15(2,3)12-8-7-11-9-14(16(4,5)6)17-13(11)10-12/h7-11H,1-6H3;7-10,17H,1-6H3;7-9,14H,10H2,1-6H3;7-10H,1-6H3;3*7-10H,1-6H3. The number of hydrogen-bond acceptors (Lipinski definition) is 8. The van der Waals surface area contributed by atoms with Gasteiger partial charge < -0.3 is 28.3 Å². The maximum absolute atomic E-state index is 6.11. The minimum absolute atomic E-state index is 0.0462. The molecule has 0 saturated carbocycles. The molecular weight excluding hydrogens is 1530 g/mol. The number of aromatic nitrogens is 2. The molecule has 9 heteroatoms. The lowest BCUT2D eigenvalue weighted by atomic mass is 9.86. The number of ether oxygens (including phenoxy) is 4. The number of pyridine rings is 1. The van der Waals surface area contributed by atoms with Crippen molar-refractivity contribution in [2.45, 2.75) is 362 Å². The van der Waals surface area contributed by atoms with Crippen molar-refractivity contribution >= 4 is 75.6 Å². The van der Waals surface area contributed by atoms with Crippen LogP contribution < -0.4 is 18.9 Å². The lowest BCUT2D eigenvalue weighted by Gasteiger charge is -2.35. The summed E-state index contributed by atoms with van der Waals surface area (Å²) in [5.41, 5.74) is 17.4. The molecule has 5 aromatic heterocycles. The normalized spacial score (nSPS) is 14.5. The highest BCUT2D eigenvalue weighted by Crippen LogP contribution is 2.45. The smallest absolute Gasteiger partial charge is 0.169 e. The molecular formula is C113H158N2O5S2. The maximum atomic E-state index is 6.11. The topological polar surface area (TPSA) is 78.7 Å². The third kappa shape index (κ3) is 27.0. The van der Waals surface area contributed by atoms with Gasteiger partial charge in [-0.1, -0.05) is 370 Å². The molecule has 0 aliphatic carbocycles. The van der Waals surface area contributed by atoms with Gasteiger partial charge in [0.25, 0.3) is 0 Å². The molecule has 7 heterocycles. The Morgan fingerprint density at radius 2 is 0.705 bits per heavy atom. The summed E-state index contributed by atoms with van der Waals surface area (Å²) in [6, 6.07) is 59.5. The molecule has 1 atom stereocenters. The molecule has 122 heavy (non-hydrogen) atoms. The highest BCUT2D eigenvalue weighted by atomic mass is 32.1. The molecule has 0 fully saturated rings. The molecule has 2 aliphatic rings. The molecule has 7 nitrogen and oxygen atoms in total. The predicted octanol–water partition coefficient (Wildman–Crippen LogP) is 34.4. The molecule has 2 aliphatic heterocycles. The molecule has 0 saturated heterocycles. The van der Waals surface area contributed by atoms with Gasteiger partial charge in [-0.3, -0.25) is 4.98 Å². The SMILES string of the molecule is CC(C)(C)C1=COc2ccc(C(C)(C)C)cc2O1.CC(C)(C)c1ccc2c(c1)OC(C(C)(C)C)CO2.CC(C)(C)c1ccc2cc(C(C)(C)C)[nH]c2c1.CC(C)(C)c1ccc2cc(C(C)(C)C)oc2c1.CC(C)(C)c1ccc2cc(C(C)(C)C)sc2c1.CC(C)(C)c1ccc2cc(C(C)(C)C)sc2c1.CC(C)(C)c1ccc2ccc(C(C)(C)C)nc2c1. The minimum Gasteiger partial charge on any atom is -0.486 e. The largest absolute Gasteiger partial charge is 0.486 e. The number of H-pyrrole nitrogens is 1. The van der Waals surface area contributed by atoms with Gasteiger partial charge >= 0.3 is 0 Å². The number of allylic oxidation sites excluding steroid dienone is 1. The average Bonchev–Trinajstić information content (AvgIpc) is 1.42. The third-order valence-electron chi connectivity index (χ3n) is 22.5. The van der Waals surface area contributed by atoms with E-state index in [-0.39, 0.29) is 81.9 Å². The number of nitrogens with one attached hydrogen (secondary N) is 1. The molecule has 12 aromatic rings. The zero-order valence-electron chi connectivity index (χ0n) is 83.8. The molecule has 662 valence electrons. The van der Waals surface area contributed by atoms with E-state index in [1.54, 1.807) is 6.26 Å². The van der Waals surface area contributed by atoms with Gasteiger partial charge in [0.1, 0.15) is 36.1 Å². The number of thiophene rings is 2. The Labute approximate surface area is 747 Å². The maximum Gasteiger partial charge on any atom is 0.169 e. The zero-order valence-corrected chi connectivity index (χ0v) is 85.4. The van der Waals surface area contributed by atoms with Crippen LogP contribution in [0.25, 0.3) is 52.9 Å². The van der Waals surface area contributed by atoms with E-state index in [2.05, 4.69) is 447 Å². The van der Waals surface area contributed by atoms with E-state index in [0.717, 1.165) is 51.3 Å². The Kier molecular flexibility index (Phi) is 29.4. The molecule has 1 N–H and O–H groups in total. The first kappa shape index (κ1) is 99.3. The van der Waals surface area contributed by atoms with Crippen LogP contribution in [0.1, 0.15) is 357 Å². The first-order chi connectivity index (χ1) is 55.2. The van der Waals surface area contributed by atoms with E-state index >= 15 is 0 Å². The number of rotatable bonds is 0. The Hall–Kier alpha value is -8.11. The number of hydrogen-bond donors (Lipinski definition) is 1. The number of fused-ring (bicyclic) bond motifs is 7. The van der Waals surface area contributed by atoms with E-state index in [1.165, 1.54) is 96.2 Å². The monoisotopic (exact) mass is 1690 g/mol. The Bertz CT molecular complexity index is 5070. The van der Waals surface area contributed by atoms with Gasteiger partial charge in [-0.15, -0.1) is 22.7 Å². The molecule has 1 unspecified atom stereocenters. The summed E-state index contributed by atoms with van der Waals surface area (Å²) in [5.74, 6) is 5.27. The van der Waals surface area contributed by atoms with Crippen LogP contribution in [-0.4, -0.2) is 22.7 Å².